The summed E-state index contributed by atoms with van der Waals surface area (Å²) in [4.78, 5) is 60.0. The third-order valence-corrected chi connectivity index (χ3v) is 32.5. The van der Waals surface area contributed by atoms with E-state index in [2.05, 4.69) is 124 Å². The molecule has 7 unspecified atom stereocenters. The van der Waals surface area contributed by atoms with Crippen molar-refractivity contribution in [2.45, 2.75) is 349 Å². The topological polar surface area (TPSA) is 242 Å². The van der Waals surface area contributed by atoms with Crippen LogP contribution in [-0.4, -0.2) is 205 Å². The summed E-state index contributed by atoms with van der Waals surface area (Å²) < 4.78 is 25.1. The van der Waals surface area contributed by atoms with Crippen LogP contribution in [0.3, 0.4) is 0 Å². The molecule has 0 bridgehead atoms. The van der Waals surface area contributed by atoms with Gasteiger partial charge in [-0.15, -0.1) is 0 Å². The van der Waals surface area contributed by atoms with Crippen LogP contribution in [0.4, 0.5) is 5.82 Å². The molecule has 136 heavy (non-hydrogen) atoms. The summed E-state index contributed by atoms with van der Waals surface area (Å²) in [5, 5.41) is 35.0. The number of anilines is 1. The number of ketones is 1. The number of ether oxygens (including phenoxy) is 4. The minimum absolute atomic E-state index is 0.176. The second kappa shape index (κ2) is 49.6. The lowest BCUT2D eigenvalue weighted by molar-refractivity contribution is -0.122. The maximum atomic E-state index is 12.7. The predicted octanol–water partition coefficient (Wildman–Crippen LogP) is 22.9. The van der Waals surface area contributed by atoms with E-state index in [9.17, 15) is 20.1 Å². The fourth-order valence-electron chi connectivity index (χ4n) is 24.2. The molecule has 10 fully saturated rings. The number of nitrogens with one attached hydrogen (secondary N) is 1. The summed E-state index contributed by atoms with van der Waals surface area (Å²) in [5.74, 6) is 7.10. The van der Waals surface area contributed by atoms with Gasteiger partial charge in [-0.1, -0.05) is 113 Å². The molecule has 13 heterocycles. The number of aliphatic hydroxyl groups is 3. The van der Waals surface area contributed by atoms with E-state index in [0.29, 0.717) is 47.6 Å². The van der Waals surface area contributed by atoms with Gasteiger partial charge in [0.15, 0.2) is 5.78 Å². The lowest BCUT2D eigenvalue weighted by Crippen LogP contribution is -2.33. The number of aliphatic hydroxyl groups excluding tert-OH is 3. The molecule has 14 atom stereocenters. The standard InChI is InChI=1S/2C29H41N3O2.C29H39N3O2.C28H38N4O2/c2*1-21(33)29(26-11-6-16-31-28(26)24-8-4-9-24)32-17-14-25(20-32)34-18-3-2-7-22-12-13-23-10-5-15-30-27(23)19-22;1-21(33)29(26-12-7-17-30-28(26)23-9-6-10-23)32-18-16-25(20-32)34-19-5-4-11-24-15-14-22-8-2-3-13-27(22)31-24;1-19-16-25(26(30-17-19)21-8-9-21)27(20(2)33)32-14-12-24(18-32)34-15-4-3-7-23-11-10-22-6-5-13-29-28(22)31-23/h2*5-6,10-11,15-16,22-25,27,29,33H,1-4,7-9,12-14,17-20H2;7,12,14-15,17,23,25,29,33H,1-6,8-11,13,16,18-20H2;10-11,16-17,21,24,27H,3-9,12-15,18H2,1-2H3,(H,29,31)/t22-,23?,25+,27?,29?;22-,23?,25-,27?,29?;25-,29-;24-,27?/m0111/s1. The highest BCUT2D eigenvalue weighted by Gasteiger charge is 2.42. The molecule has 21 nitrogen and oxygen atoms in total. The number of rotatable bonds is 40. The minimum atomic E-state index is -0.194. The Morgan fingerprint density at radius 3 is 1.29 bits per heavy atom. The first kappa shape index (κ1) is 99.1. The van der Waals surface area contributed by atoms with Crippen molar-refractivity contribution in [3.63, 3.8) is 0 Å². The van der Waals surface area contributed by atoms with Crippen LogP contribution in [0.25, 0.3) is 0 Å². The molecule has 7 aliphatic carbocycles. The highest BCUT2D eigenvalue weighted by Crippen LogP contribution is 2.48. The molecule has 4 N–H and O–H groups in total. The van der Waals surface area contributed by atoms with Crippen molar-refractivity contribution in [2.75, 3.05) is 90.6 Å². The number of pyridine rings is 6. The fourth-order valence-corrected chi connectivity index (χ4v) is 24.2. The number of Topliss-reactive ketones (excluding diaryl/α,β-unsaturated/α-hetero) is 1. The highest BCUT2D eigenvalue weighted by atomic mass is 16.5. The molecular formula is C115H159N13O8. The van der Waals surface area contributed by atoms with Gasteiger partial charge >= 0.3 is 0 Å². The van der Waals surface area contributed by atoms with Gasteiger partial charge in [-0.3, -0.25) is 59.3 Å². The number of hydrogen-bond donors (Lipinski definition) is 4. The molecule has 6 saturated carbocycles. The number of allylic oxidation sites excluding steroid dienone is 2. The number of carbonyl (C=O) groups excluding carboxylic acids is 1. The molecule has 7 aliphatic heterocycles. The van der Waals surface area contributed by atoms with Crippen LogP contribution in [0.1, 0.15) is 352 Å². The van der Waals surface area contributed by atoms with Gasteiger partial charge in [0.1, 0.15) is 23.1 Å². The molecule has 0 amide bonds. The van der Waals surface area contributed by atoms with E-state index in [-0.39, 0.29) is 71.6 Å². The first-order chi connectivity index (χ1) is 66.6. The number of dihydropyridines is 2. The average Bonchev–Trinajstić information content (AvgIpc) is 1.55. The third-order valence-electron chi connectivity index (χ3n) is 32.5. The first-order valence-electron chi connectivity index (χ1n) is 53.6. The van der Waals surface area contributed by atoms with E-state index in [4.69, 9.17) is 58.8 Å². The second-order valence-corrected chi connectivity index (χ2v) is 42.4. The number of nitrogens with zero attached hydrogens (tertiary/aromatic N) is 12. The van der Waals surface area contributed by atoms with Crippen molar-refractivity contribution in [3.8, 4) is 0 Å². The van der Waals surface area contributed by atoms with Gasteiger partial charge < -0.3 is 39.6 Å². The summed E-state index contributed by atoms with van der Waals surface area (Å²) in [6.45, 7) is 26.8. The normalized spacial score (nSPS) is 25.8. The maximum absolute atomic E-state index is 12.7. The number of aliphatic imine (C=N–C) groups is 2. The molecule has 732 valence electrons. The quantitative estimate of drug-likeness (QED) is 0.0206. The van der Waals surface area contributed by atoms with E-state index < -0.39 is 0 Å². The second-order valence-electron chi connectivity index (χ2n) is 42.4. The Bertz CT molecular complexity index is 4870. The van der Waals surface area contributed by atoms with Gasteiger partial charge in [0, 0.05) is 186 Å². The van der Waals surface area contributed by atoms with Crippen LogP contribution < -0.4 is 5.32 Å². The van der Waals surface area contributed by atoms with Crippen LogP contribution in [0.2, 0.25) is 0 Å². The van der Waals surface area contributed by atoms with Crippen molar-refractivity contribution < 1.29 is 39.1 Å². The Kier molecular flexibility index (Phi) is 36.1. The van der Waals surface area contributed by atoms with Gasteiger partial charge in [0.2, 0.25) is 0 Å². The first-order valence-corrected chi connectivity index (χ1v) is 53.6. The van der Waals surface area contributed by atoms with E-state index in [1.807, 2.05) is 55.4 Å². The summed E-state index contributed by atoms with van der Waals surface area (Å²) in [6.07, 6.45) is 67.6. The summed E-state index contributed by atoms with van der Waals surface area (Å²) in [7, 11) is 0. The molecule has 4 saturated heterocycles. The van der Waals surface area contributed by atoms with Crippen LogP contribution >= 0.6 is 0 Å². The van der Waals surface area contributed by atoms with Crippen LogP contribution in [0.15, 0.2) is 163 Å². The Balaban J connectivity index is 0.000000126. The molecule has 0 aromatic carbocycles. The van der Waals surface area contributed by atoms with Crippen molar-refractivity contribution in [2.24, 2.45) is 33.7 Å². The van der Waals surface area contributed by atoms with Gasteiger partial charge in [-0.05, 0) is 324 Å². The SMILES string of the molecule is C=C(O)C(c1cccnc1C1CCC1)N1CC[C@@H](OCCCC[C@@H]2CCC3C=CC=NC3C2)C1.C=C(O)C(c1cccnc1C1CCC1)N1CC[C@@H](OCCCC[C@H]2CCC3C=CC=NC3C2)C1.C=C(O)[C@H](c1cccnc1C1CCC1)N1CC[C@@H](OCCCCc2ccc3c(n2)CCCC3)C1.CC(=O)C(c1cc(C)cnc1C1CC1)N1CC[C@@H](OCCCCc2ccc3c(n2)NCCC3)C1. The van der Waals surface area contributed by atoms with Crippen molar-refractivity contribution in [1.82, 2.24) is 49.5 Å². The molecular weight excluding hydrogens is 1690 g/mol. The zero-order valence-electron chi connectivity index (χ0n) is 82.2. The number of carbonyl (C=O) groups is 1. The van der Waals surface area contributed by atoms with Crippen LogP contribution in [-0.2, 0) is 55.8 Å². The van der Waals surface area contributed by atoms with Crippen molar-refractivity contribution in [1.29, 1.82) is 0 Å². The molecule has 0 spiro atoms. The van der Waals surface area contributed by atoms with E-state index >= 15 is 0 Å². The minimum Gasteiger partial charge on any atom is -0.511 e. The van der Waals surface area contributed by atoms with E-state index in [1.54, 1.807) is 6.92 Å². The van der Waals surface area contributed by atoms with E-state index in [0.717, 1.165) is 243 Å². The number of unbranched alkanes of at least 4 members (excludes halogenated alkanes) is 4. The average molecular weight is 1850 g/mol. The van der Waals surface area contributed by atoms with Gasteiger partial charge in [0.25, 0.3) is 0 Å². The Labute approximate surface area is 812 Å². The molecule has 6 aromatic rings. The van der Waals surface area contributed by atoms with Gasteiger partial charge in [-0.25, -0.2) is 4.98 Å². The molecule has 20 rings (SSSR count). The zero-order chi connectivity index (χ0) is 93.5. The number of aryl methyl sites for hydroxylation is 6. The van der Waals surface area contributed by atoms with Crippen molar-refractivity contribution in [3.05, 3.63) is 232 Å². The highest BCUT2D eigenvalue weighted by molar-refractivity contribution is 5.83. The van der Waals surface area contributed by atoms with Gasteiger partial charge in [0.05, 0.1) is 60.7 Å². The number of fused-ring (bicyclic) bond motifs is 4. The van der Waals surface area contributed by atoms with Crippen molar-refractivity contribution >= 4 is 24.0 Å². The summed E-state index contributed by atoms with van der Waals surface area (Å²) in [6, 6.07) is 23.8. The largest absolute Gasteiger partial charge is 0.511 e. The summed E-state index contributed by atoms with van der Waals surface area (Å²) >= 11 is 0. The predicted molar refractivity (Wildman–Crippen MR) is 544 cm³/mol. The Morgan fingerprint density at radius 2 is 0.853 bits per heavy atom. The summed E-state index contributed by atoms with van der Waals surface area (Å²) in [5.41, 5.74) is 16.8. The zero-order valence-corrected chi connectivity index (χ0v) is 82.2. The third kappa shape index (κ3) is 26.6. The number of hydrogen-bond acceptors (Lipinski definition) is 21. The molecule has 6 aromatic heterocycles. The smallest absolute Gasteiger partial charge is 0.151 e. The molecule has 21 heteroatoms. The van der Waals surface area contributed by atoms with Crippen LogP contribution in [0.5, 0.6) is 0 Å². The van der Waals surface area contributed by atoms with Gasteiger partial charge in [-0.2, -0.15) is 0 Å². The Hall–Kier alpha value is -8.51. The lowest BCUT2D eigenvalue weighted by Gasteiger charge is -2.33. The molecule has 0 radical (unpaired) electrons. The number of aromatic nitrogens is 6. The monoisotopic (exact) mass is 1850 g/mol. The van der Waals surface area contributed by atoms with Crippen LogP contribution in [0, 0.1) is 30.6 Å². The van der Waals surface area contributed by atoms with E-state index in [1.165, 1.54) is 189 Å². The number of likely N-dealkylation sites (tertiary alicyclic amines) is 4. The Morgan fingerprint density at radius 1 is 0.441 bits per heavy atom. The maximum Gasteiger partial charge on any atom is 0.151 e. The lowest BCUT2D eigenvalue weighted by atomic mass is 9.76. The molecule has 14 aliphatic rings. The fraction of sp³-hybridized carbons (Fsp3) is 0.626.